The maximum Gasteiger partial charge on any atom is 0.280 e. The van der Waals surface area contributed by atoms with Gasteiger partial charge in [0, 0.05) is 37.4 Å². The molecule has 0 aromatic heterocycles. The highest BCUT2D eigenvalue weighted by atomic mass is 16.6. The number of rotatable bonds is 3. The molecule has 1 aromatic carbocycles. The second-order valence-corrected chi connectivity index (χ2v) is 5.29. The third-order valence-electron chi connectivity index (χ3n) is 3.88. The van der Waals surface area contributed by atoms with E-state index in [1.165, 1.54) is 13.0 Å². The Morgan fingerprint density at radius 1 is 1.40 bits per heavy atom. The van der Waals surface area contributed by atoms with E-state index in [-0.39, 0.29) is 17.0 Å². The number of Topliss-reactive ketones (excluding diaryl/α,β-unsaturated/α-hetero) is 1. The zero-order valence-corrected chi connectivity index (χ0v) is 12.0. The van der Waals surface area contributed by atoms with Crippen LogP contribution in [0.5, 0.6) is 0 Å². The lowest BCUT2D eigenvalue weighted by Gasteiger charge is -2.39. The molecule has 108 valence electrons. The minimum absolute atomic E-state index is 0.122. The Kier molecular flexibility index (Phi) is 4.04. The fraction of sp³-hybridized carbons (Fsp3) is 0.500. The van der Waals surface area contributed by atoms with Gasteiger partial charge in [0.15, 0.2) is 5.78 Å². The number of benzene rings is 1. The van der Waals surface area contributed by atoms with Crippen LogP contribution in [-0.2, 0) is 0 Å². The van der Waals surface area contributed by atoms with Crippen LogP contribution in [0.2, 0.25) is 0 Å². The van der Waals surface area contributed by atoms with Crippen LogP contribution >= 0.6 is 0 Å². The summed E-state index contributed by atoms with van der Waals surface area (Å²) in [5, 5.41) is 10.9. The molecule has 1 aromatic rings. The van der Waals surface area contributed by atoms with Gasteiger partial charge in [0.25, 0.3) is 5.69 Å². The van der Waals surface area contributed by atoms with E-state index in [2.05, 4.69) is 23.8 Å². The van der Waals surface area contributed by atoms with Gasteiger partial charge in [-0.25, -0.2) is 0 Å². The summed E-state index contributed by atoms with van der Waals surface area (Å²) in [6.07, 6.45) is 0. The van der Waals surface area contributed by atoms with Crippen molar-refractivity contribution in [3.05, 3.63) is 33.9 Å². The fourth-order valence-electron chi connectivity index (χ4n) is 2.44. The summed E-state index contributed by atoms with van der Waals surface area (Å²) in [7, 11) is 2.08. The van der Waals surface area contributed by atoms with Gasteiger partial charge in [-0.05, 0) is 33.0 Å². The zero-order valence-electron chi connectivity index (χ0n) is 12.0. The van der Waals surface area contributed by atoms with Gasteiger partial charge in [0.05, 0.1) is 10.5 Å². The van der Waals surface area contributed by atoms with Crippen molar-refractivity contribution < 1.29 is 9.72 Å². The van der Waals surface area contributed by atoms with Crippen LogP contribution in [0.1, 0.15) is 24.2 Å². The number of carbonyl (C=O) groups is 1. The van der Waals surface area contributed by atoms with Gasteiger partial charge in [-0.2, -0.15) is 0 Å². The van der Waals surface area contributed by atoms with Gasteiger partial charge >= 0.3 is 0 Å². The number of nitrogens with zero attached hydrogens (tertiary/aromatic N) is 3. The van der Waals surface area contributed by atoms with Gasteiger partial charge in [0.2, 0.25) is 0 Å². The van der Waals surface area contributed by atoms with Gasteiger partial charge < -0.3 is 9.80 Å². The second kappa shape index (κ2) is 5.58. The van der Waals surface area contributed by atoms with Crippen LogP contribution in [0.15, 0.2) is 18.2 Å². The quantitative estimate of drug-likeness (QED) is 0.480. The van der Waals surface area contributed by atoms with Crippen molar-refractivity contribution in [3.8, 4) is 0 Å². The van der Waals surface area contributed by atoms with E-state index >= 15 is 0 Å². The van der Waals surface area contributed by atoms with E-state index < -0.39 is 4.92 Å². The predicted octanol–water partition coefficient (Wildman–Crippen LogP) is 1.94. The number of ketones is 1. The minimum atomic E-state index is -0.507. The normalized spacial score (nSPS) is 19.9. The summed E-state index contributed by atoms with van der Waals surface area (Å²) in [6, 6.07) is 5.20. The van der Waals surface area contributed by atoms with Crippen LogP contribution in [0.4, 0.5) is 11.4 Å². The maximum absolute atomic E-state index is 11.6. The molecule has 0 bridgehead atoms. The molecule has 0 amide bonds. The van der Waals surface area contributed by atoms with Gasteiger partial charge in [-0.1, -0.05) is 0 Å². The lowest BCUT2D eigenvalue weighted by atomic mass is 10.1. The number of hydrogen-bond acceptors (Lipinski definition) is 5. The Bertz CT molecular complexity index is 544. The molecule has 0 N–H and O–H groups in total. The molecule has 1 aliphatic heterocycles. The molecule has 1 heterocycles. The molecule has 0 spiro atoms. The number of piperazine rings is 1. The highest BCUT2D eigenvalue weighted by Crippen LogP contribution is 2.26. The number of hydrogen-bond donors (Lipinski definition) is 0. The Hall–Kier alpha value is -1.95. The summed E-state index contributed by atoms with van der Waals surface area (Å²) >= 11 is 0. The van der Waals surface area contributed by atoms with Crippen molar-refractivity contribution >= 4 is 17.2 Å². The molecular formula is C14H19N3O3. The maximum atomic E-state index is 11.6. The highest BCUT2D eigenvalue weighted by Gasteiger charge is 2.24. The largest absolute Gasteiger partial charge is 0.369 e. The average molecular weight is 277 g/mol. The van der Waals surface area contributed by atoms with Crippen molar-refractivity contribution in [2.24, 2.45) is 0 Å². The Balaban J connectivity index is 2.32. The van der Waals surface area contributed by atoms with E-state index in [9.17, 15) is 14.9 Å². The molecule has 1 fully saturated rings. The smallest absolute Gasteiger partial charge is 0.280 e. The predicted molar refractivity (Wildman–Crippen MR) is 77.4 cm³/mol. The first-order valence-corrected chi connectivity index (χ1v) is 6.64. The molecule has 1 aliphatic rings. The Morgan fingerprint density at radius 2 is 2.10 bits per heavy atom. The van der Waals surface area contributed by atoms with Crippen molar-refractivity contribution in [1.29, 1.82) is 0 Å². The van der Waals surface area contributed by atoms with Crippen LogP contribution in [0, 0.1) is 10.1 Å². The molecule has 1 saturated heterocycles. The molecule has 20 heavy (non-hydrogen) atoms. The number of nitro benzene ring substituents is 1. The summed E-state index contributed by atoms with van der Waals surface area (Å²) in [4.78, 5) is 26.5. The summed E-state index contributed by atoms with van der Waals surface area (Å²) in [5.41, 5.74) is 0.934. The first kappa shape index (κ1) is 14.5. The average Bonchev–Trinajstić information content (AvgIpc) is 2.41. The van der Waals surface area contributed by atoms with Gasteiger partial charge in [-0.15, -0.1) is 0 Å². The summed E-state index contributed by atoms with van der Waals surface area (Å²) < 4.78 is 0. The molecule has 2 rings (SSSR count). The number of nitro groups is 1. The number of likely N-dealkylation sites (N-methyl/N-ethyl adjacent to an activating group) is 1. The Morgan fingerprint density at radius 3 is 2.65 bits per heavy atom. The van der Waals surface area contributed by atoms with Crippen LogP contribution in [0.25, 0.3) is 0 Å². The fourth-order valence-corrected chi connectivity index (χ4v) is 2.44. The third kappa shape index (κ3) is 2.80. The van der Waals surface area contributed by atoms with Gasteiger partial charge in [-0.3, -0.25) is 14.9 Å². The lowest BCUT2D eigenvalue weighted by molar-refractivity contribution is -0.385. The molecular weight excluding hydrogens is 258 g/mol. The standard InChI is InChI=1S/C14H19N3O3/c1-10-9-16(7-6-15(10)3)12-4-5-14(17(19)20)13(8-12)11(2)18/h4-5,8,10H,6-7,9H2,1-3H3. The first-order chi connectivity index (χ1) is 9.40. The van der Waals surface area contributed by atoms with Crippen LogP contribution in [-0.4, -0.2) is 48.3 Å². The summed E-state index contributed by atoms with van der Waals surface area (Å²) in [5.74, 6) is -0.277. The first-order valence-electron chi connectivity index (χ1n) is 6.64. The molecule has 0 saturated carbocycles. The topological polar surface area (TPSA) is 66.7 Å². The lowest BCUT2D eigenvalue weighted by Crippen LogP contribution is -2.50. The highest BCUT2D eigenvalue weighted by molar-refractivity contribution is 5.99. The third-order valence-corrected chi connectivity index (χ3v) is 3.88. The van der Waals surface area contributed by atoms with E-state index in [0.29, 0.717) is 6.04 Å². The Labute approximate surface area is 118 Å². The summed E-state index contributed by atoms with van der Waals surface area (Å²) in [6.45, 7) is 6.15. The monoisotopic (exact) mass is 277 g/mol. The molecule has 0 radical (unpaired) electrons. The number of carbonyl (C=O) groups excluding carboxylic acids is 1. The molecule has 6 heteroatoms. The molecule has 1 atom stereocenters. The second-order valence-electron chi connectivity index (χ2n) is 5.29. The van der Waals surface area contributed by atoms with E-state index in [1.807, 2.05) is 0 Å². The van der Waals surface area contributed by atoms with E-state index in [1.54, 1.807) is 12.1 Å². The molecule has 6 nitrogen and oxygen atoms in total. The van der Waals surface area contributed by atoms with Crippen LogP contribution < -0.4 is 4.90 Å². The number of anilines is 1. The van der Waals surface area contributed by atoms with Gasteiger partial charge in [0.1, 0.15) is 0 Å². The van der Waals surface area contributed by atoms with Crippen molar-refractivity contribution in [3.63, 3.8) is 0 Å². The SMILES string of the molecule is CC(=O)c1cc(N2CCN(C)C(C)C2)ccc1[N+](=O)[O-]. The zero-order chi connectivity index (χ0) is 14.9. The van der Waals surface area contributed by atoms with Crippen molar-refractivity contribution in [2.75, 3.05) is 31.6 Å². The minimum Gasteiger partial charge on any atom is -0.369 e. The van der Waals surface area contributed by atoms with Crippen molar-refractivity contribution in [1.82, 2.24) is 4.90 Å². The van der Waals surface area contributed by atoms with E-state index in [4.69, 9.17) is 0 Å². The molecule has 1 unspecified atom stereocenters. The molecule has 0 aliphatic carbocycles. The van der Waals surface area contributed by atoms with Crippen molar-refractivity contribution in [2.45, 2.75) is 19.9 Å². The van der Waals surface area contributed by atoms with Crippen LogP contribution in [0.3, 0.4) is 0 Å². The van der Waals surface area contributed by atoms with E-state index in [0.717, 1.165) is 25.3 Å².